The predicted octanol–water partition coefficient (Wildman–Crippen LogP) is 2.65. The quantitative estimate of drug-likeness (QED) is 0.856. The minimum absolute atomic E-state index is 0.581. The van der Waals surface area contributed by atoms with Gasteiger partial charge in [0.2, 0.25) is 0 Å². The molecule has 1 N–H and O–H groups in total. The first kappa shape index (κ1) is 11.9. The Labute approximate surface area is 102 Å². The number of nitrogens with one attached hydrogen (secondary N) is 1. The van der Waals surface area contributed by atoms with Gasteiger partial charge < -0.3 is 5.32 Å². The Morgan fingerprint density at radius 1 is 1.50 bits per heavy atom. The van der Waals surface area contributed by atoms with Crippen LogP contribution in [0.1, 0.15) is 30.3 Å². The molecule has 1 aliphatic carbocycles. The van der Waals surface area contributed by atoms with Gasteiger partial charge in [0.15, 0.2) is 5.13 Å². The van der Waals surface area contributed by atoms with Gasteiger partial charge in [0.25, 0.3) is 0 Å². The summed E-state index contributed by atoms with van der Waals surface area (Å²) < 4.78 is 0. The zero-order valence-corrected chi connectivity index (χ0v) is 11.4. The van der Waals surface area contributed by atoms with Crippen molar-refractivity contribution in [1.29, 1.82) is 0 Å². The van der Waals surface area contributed by atoms with Crippen LogP contribution in [0.3, 0.4) is 0 Å². The van der Waals surface area contributed by atoms with Crippen molar-refractivity contribution in [3.63, 3.8) is 0 Å². The number of hydrogen-bond donors (Lipinski definition) is 1. The average Bonchev–Trinajstić information content (AvgIpc) is 3.03. The van der Waals surface area contributed by atoms with E-state index < -0.39 is 0 Å². The van der Waals surface area contributed by atoms with Crippen molar-refractivity contribution < 1.29 is 0 Å². The highest BCUT2D eigenvalue weighted by molar-refractivity contribution is 7.15. The molecular formula is C12H21N3S. The first-order valence-corrected chi connectivity index (χ1v) is 6.79. The second-order valence-electron chi connectivity index (χ2n) is 4.79. The molecule has 1 unspecified atom stereocenters. The van der Waals surface area contributed by atoms with Crippen LogP contribution in [0.5, 0.6) is 0 Å². The maximum atomic E-state index is 4.49. The molecule has 90 valence electrons. The molecule has 0 bridgehead atoms. The maximum Gasteiger partial charge on any atom is 0.183 e. The number of anilines is 1. The Morgan fingerprint density at radius 3 is 2.69 bits per heavy atom. The third-order valence-electron chi connectivity index (χ3n) is 3.40. The fraction of sp³-hybridized carbons (Fsp3) is 0.750. The van der Waals surface area contributed by atoms with Gasteiger partial charge in [0.05, 0.1) is 5.69 Å². The van der Waals surface area contributed by atoms with Crippen LogP contribution in [0, 0.1) is 13.8 Å². The van der Waals surface area contributed by atoms with Gasteiger partial charge >= 0.3 is 0 Å². The Bertz CT molecular complexity index is 338. The molecule has 1 aromatic rings. The summed E-state index contributed by atoms with van der Waals surface area (Å²) >= 11 is 1.75. The average molecular weight is 239 g/mol. The van der Waals surface area contributed by atoms with E-state index >= 15 is 0 Å². The fourth-order valence-corrected chi connectivity index (χ4v) is 2.59. The van der Waals surface area contributed by atoms with Gasteiger partial charge in [-0.25, -0.2) is 4.98 Å². The van der Waals surface area contributed by atoms with Crippen LogP contribution in [0.4, 0.5) is 5.13 Å². The first-order valence-electron chi connectivity index (χ1n) is 5.97. The molecule has 1 aliphatic rings. The van der Waals surface area contributed by atoms with Crippen molar-refractivity contribution in [3.05, 3.63) is 10.6 Å². The highest BCUT2D eigenvalue weighted by atomic mass is 32.1. The Balaban J connectivity index is 1.82. The van der Waals surface area contributed by atoms with Crippen LogP contribution in [0.25, 0.3) is 0 Å². The SMILES string of the molecule is Cc1nc(NCC(C)N(C)C2CC2)sc1C. The molecule has 4 heteroatoms. The van der Waals surface area contributed by atoms with Gasteiger partial charge in [-0.1, -0.05) is 0 Å². The summed E-state index contributed by atoms with van der Waals surface area (Å²) in [6.45, 7) is 7.45. The zero-order valence-electron chi connectivity index (χ0n) is 10.6. The molecule has 2 rings (SSSR count). The highest BCUT2D eigenvalue weighted by Gasteiger charge is 2.28. The van der Waals surface area contributed by atoms with Crippen molar-refractivity contribution in [2.45, 2.75) is 45.7 Å². The third kappa shape index (κ3) is 2.74. The topological polar surface area (TPSA) is 28.2 Å². The number of hydrogen-bond acceptors (Lipinski definition) is 4. The molecule has 1 fully saturated rings. The van der Waals surface area contributed by atoms with Crippen molar-refractivity contribution >= 4 is 16.5 Å². The first-order chi connectivity index (χ1) is 7.58. The van der Waals surface area contributed by atoms with Crippen LogP contribution < -0.4 is 5.32 Å². The van der Waals surface area contributed by atoms with E-state index in [9.17, 15) is 0 Å². The van der Waals surface area contributed by atoms with E-state index in [1.54, 1.807) is 11.3 Å². The second-order valence-corrected chi connectivity index (χ2v) is 5.99. The Kier molecular flexibility index (Phi) is 3.50. The van der Waals surface area contributed by atoms with E-state index in [-0.39, 0.29) is 0 Å². The summed E-state index contributed by atoms with van der Waals surface area (Å²) in [6, 6.07) is 1.41. The number of likely N-dealkylation sites (N-methyl/N-ethyl adjacent to an activating group) is 1. The lowest BCUT2D eigenvalue weighted by Crippen LogP contribution is -2.36. The molecule has 3 nitrogen and oxygen atoms in total. The molecule has 1 saturated carbocycles. The number of rotatable bonds is 5. The van der Waals surface area contributed by atoms with Crippen LogP contribution in [0.2, 0.25) is 0 Å². The molecule has 0 spiro atoms. The normalized spacial score (nSPS) is 17.8. The van der Waals surface area contributed by atoms with E-state index in [2.05, 4.69) is 43.0 Å². The fourth-order valence-electron chi connectivity index (χ4n) is 1.77. The predicted molar refractivity (Wildman–Crippen MR) is 70.3 cm³/mol. The number of thiazole rings is 1. The summed E-state index contributed by atoms with van der Waals surface area (Å²) in [5.41, 5.74) is 1.15. The summed E-state index contributed by atoms with van der Waals surface area (Å²) in [4.78, 5) is 8.27. The molecule has 1 heterocycles. The largest absolute Gasteiger partial charge is 0.360 e. The van der Waals surface area contributed by atoms with Gasteiger partial charge in [-0.2, -0.15) is 0 Å². The maximum absolute atomic E-state index is 4.49. The molecule has 0 aliphatic heterocycles. The summed E-state index contributed by atoms with van der Waals surface area (Å²) in [5.74, 6) is 0. The van der Waals surface area contributed by atoms with Crippen LogP contribution >= 0.6 is 11.3 Å². The van der Waals surface area contributed by atoms with Gasteiger partial charge in [-0.15, -0.1) is 11.3 Å². The number of aryl methyl sites for hydroxylation is 2. The molecule has 0 aromatic carbocycles. The lowest BCUT2D eigenvalue weighted by atomic mass is 10.3. The number of aromatic nitrogens is 1. The van der Waals surface area contributed by atoms with Gasteiger partial charge in [-0.05, 0) is 40.7 Å². The van der Waals surface area contributed by atoms with Crippen molar-refractivity contribution in [3.8, 4) is 0 Å². The van der Waals surface area contributed by atoms with Crippen LogP contribution in [0.15, 0.2) is 0 Å². The lowest BCUT2D eigenvalue weighted by Gasteiger charge is -2.24. The monoisotopic (exact) mass is 239 g/mol. The zero-order chi connectivity index (χ0) is 11.7. The summed E-state index contributed by atoms with van der Waals surface area (Å²) in [7, 11) is 2.22. The minimum Gasteiger partial charge on any atom is -0.360 e. The molecule has 0 radical (unpaired) electrons. The van der Waals surface area contributed by atoms with Gasteiger partial charge in [0, 0.05) is 23.5 Å². The van der Waals surface area contributed by atoms with E-state index in [0.717, 1.165) is 23.4 Å². The molecular weight excluding hydrogens is 218 g/mol. The van der Waals surface area contributed by atoms with E-state index in [4.69, 9.17) is 0 Å². The van der Waals surface area contributed by atoms with Crippen molar-refractivity contribution in [2.75, 3.05) is 18.9 Å². The highest BCUT2D eigenvalue weighted by Crippen LogP contribution is 2.27. The van der Waals surface area contributed by atoms with Crippen LogP contribution in [-0.4, -0.2) is 35.6 Å². The lowest BCUT2D eigenvalue weighted by molar-refractivity contribution is 0.257. The smallest absolute Gasteiger partial charge is 0.183 e. The van der Waals surface area contributed by atoms with Crippen molar-refractivity contribution in [2.24, 2.45) is 0 Å². The molecule has 0 amide bonds. The molecule has 0 saturated heterocycles. The Hall–Kier alpha value is -0.610. The summed E-state index contributed by atoms with van der Waals surface area (Å²) in [6.07, 6.45) is 2.74. The second kappa shape index (κ2) is 4.72. The van der Waals surface area contributed by atoms with E-state index in [1.165, 1.54) is 17.7 Å². The minimum atomic E-state index is 0.581. The van der Waals surface area contributed by atoms with E-state index in [1.807, 2.05) is 0 Å². The molecule has 1 aromatic heterocycles. The third-order valence-corrected chi connectivity index (χ3v) is 4.43. The number of nitrogens with zero attached hydrogens (tertiary/aromatic N) is 2. The molecule has 16 heavy (non-hydrogen) atoms. The van der Waals surface area contributed by atoms with Crippen molar-refractivity contribution in [1.82, 2.24) is 9.88 Å². The molecule has 1 atom stereocenters. The van der Waals surface area contributed by atoms with Crippen LogP contribution in [-0.2, 0) is 0 Å². The summed E-state index contributed by atoms with van der Waals surface area (Å²) in [5, 5.41) is 4.50. The standard InChI is InChI=1S/C12H21N3S/c1-8(15(4)11-5-6-11)7-13-12-14-9(2)10(3)16-12/h8,11H,5-7H2,1-4H3,(H,13,14). The Morgan fingerprint density at radius 2 is 2.19 bits per heavy atom. The van der Waals surface area contributed by atoms with Gasteiger partial charge in [0.1, 0.15) is 0 Å². The van der Waals surface area contributed by atoms with Gasteiger partial charge in [-0.3, -0.25) is 4.90 Å². The van der Waals surface area contributed by atoms with E-state index in [0.29, 0.717) is 6.04 Å².